The molecule has 1 fully saturated rings. The molecule has 1 aromatic rings. The Kier molecular flexibility index (Phi) is 6.81. The molecule has 0 radical (unpaired) electrons. The highest BCUT2D eigenvalue weighted by molar-refractivity contribution is 7.13. The first-order chi connectivity index (χ1) is 11.8. The molecular formula is C18H28N2O4S. The largest absolute Gasteiger partial charge is 0.466 e. The van der Waals surface area contributed by atoms with Gasteiger partial charge in [0.15, 0.2) is 10.8 Å². The molecule has 7 heteroatoms. The first-order valence-corrected chi connectivity index (χ1v) is 9.79. The van der Waals surface area contributed by atoms with Gasteiger partial charge in [-0.1, -0.05) is 12.8 Å². The average Bonchev–Trinajstić information content (AvgIpc) is 3.17. The Hall–Kier alpha value is -1.63. The molecule has 0 amide bonds. The maximum Gasteiger partial charge on any atom is 0.358 e. The van der Waals surface area contributed by atoms with Crippen LogP contribution in [0.3, 0.4) is 0 Å². The SMILES string of the molecule is CCOC(=O)CCN(c1nc(C(=O)OC(C)(C)C)cs1)C1CCCC1. The topological polar surface area (TPSA) is 68.7 Å². The van der Waals surface area contributed by atoms with Gasteiger partial charge < -0.3 is 14.4 Å². The number of esters is 2. The zero-order valence-electron chi connectivity index (χ0n) is 15.5. The maximum atomic E-state index is 12.2. The Morgan fingerprint density at radius 3 is 2.60 bits per heavy atom. The van der Waals surface area contributed by atoms with E-state index in [1.54, 1.807) is 12.3 Å². The molecule has 0 atom stereocenters. The van der Waals surface area contributed by atoms with Gasteiger partial charge in [0.1, 0.15) is 5.60 Å². The van der Waals surface area contributed by atoms with Crippen LogP contribution in [-0.2, 0) is 14.3 Å². The quantitative estimate of drug-likeness (QED) is 0.682. The van der Waals surface area contributed by atoms with Gasteiger partial charge in [0.25, 0.3) is 0 Å². The van der Waals surface area contributed by atoms with Gasteiger partial charge in [-0.15, -0.1) is 11.3 Å². The van der Waals surface area contributed by atoms with Crippen molar-refractivity contribution in [2.75, 3.05) is 18.1 Å². The number of thiazole rings is 1. The predicted molar refractivity (Wildman–Crippen MR) is 98.1 cm³/mol. The first-order valence-electron chi connectivity index (χ1n) is 8.91. The lowest BCUT2D eigenvalue weighted by atomic mass is 10.2. The van der Waals surface area contributed by atoms with Crippen LogP contribution in [0.25, 0.3) is 0 Å². The minimum atomic E-state index is -0.546. The van der Waals surface area contributed by atoms with Crippen LogP contribution in [-0.4, -0.2) is 41.7 Å². The third-order valence-corrected chi connectivity index (χ3v) is 4.85. The van der Waals surface area contributed by atoms with Crippen molar-refractivity contribution < 1.29 is 19.1 Å². The molecule has 140 valence electrons. The van der Waals surface area contributed by atoms with Gasteiger partial charge in [0.05, 0.1) is 13.0 Å². The molecule has 0 spiro atoms. The normalized spacial score (nSPS) is 15.2. The summed E-state index contributed by atoms with van der Waals surface area (Å²) < 4.78 is 10.4. The summed E-state index contributed by atoms with van der Waals surface area (Å²) in [5, 5.41) is 2.51. The number of carbonyl (C=O) groups excluding carboxylic acids is 2. The Labute approximate surface area is 153 Å². The van der Waals surface area contributed by atoms with Gasteiger partial charge in [-0.25, -0.2) is 9.78 Å². The summed E-state index contributed by atoms with van der Waals surface area (Å²) >= 11 is 1.43. The molecule has 0 saturated heterocycles. The van der Waals surface area contributed by atoms with E-state index in [4.69, 9.17) is 9.47 Å². The second-order valence-electron chi connectivity index (χ2n) is 7.20. The van der Waals surface area contributed by atoms with E-state index in [1.807, 2.05) is 20.8 Å². The van der Waals surface area contributed by atoms with E-state index in [1.165, 1.54) is 24.2 Å². The molecule has 2 rings (SSSR count). The number of nitrogens with zero attached hydrogens (tertiary/aromatic N) is 2. The number of aromatic nitrogens is 1. The number of hydrogen-bond acceptors (Lipinski definition) is 7. The summed E-state index contributed by atoms with van der Waals surface area (Å²) in [7, 11) is 0. The molecule has 1 saturated carbocycles. The minimum absolute atomic E-state index is 0.200. The van der Waals surface area contributed by atoms with E-state index in [0.29, 0.717) is 31.3 Å². The predicted octanol–water partition coefficient (Wildman–Crippen LogP) is 3.80. The number of rotatable bonds is 7. The van der Waals surface area contributed by atoms with Gasteiger partial charge in [0.2, 0.25) is 0 Å². The lowest BCUT2D eigenvalue weighted by Gasteiger charge is -2.28. The van der Waals surface area contributed by atoms with Gasteiger partial charge in [-0.2, -0.15) is 0 Å². The van der Waals surface area contributed by atoms with Gasteiger partial charge in [-0.3, -0.25) is 4.79 Å². The Morgan fingerprint density at radius 1 is 1.32 bits per heavy atom. The zero-order chi connectivity index (χ0) is 18.4. The van der Waals surface area contributed by atoms with Crippen molar-refractivity contribution in [2.24, 2.45) is 0 Å². The van der Waals surface area contributed by atoms with Crippen molar-refractivity contribution in [1.82, 2.24) is 4.98 Å². The molecule has 0 aromatic carbocycles. The van der Waals surface area contributed by atoms with Crippen molar-refractivity contribution in [3.63, 3.8) is 0 Å². The fourth-order valence-corrected chi connectivity index (χ4v) is 3.81. The summed E-state index contributed by atoms with van der Waals surface area (Å²) in [5.74, 6) is -0.610. The molecular weight excluding hydrogens is 340 g/mol. The standard InChI is InChI=1S/C18H28N2O4S/c1-5-23-15(21)10-11-20(13-8-6-7-9-13)17-19-14(12-25-17)16(22)24-18(2,3)4/h12-13H,5-11H2,1-4H3. The van der Waals surface area contributed by atoms with Crippen LogP contribution in [0, 0.1) is 0 Å². The van der Waals surface area contributed by atoms with Crippen LogP contribution >= 0.6 is 11.3 Å². The van der Waals surface area contributed by atoms with Crippen LogP contribution in [0.5, 0.6) is 0 Å². The first kappa shape index (κ1) is 19.7. The smallest absolute Gasteiger partial charge is 0.358 e. The third-order valence-electron chi connectivity index (χ3n) is 3.97. The van der Waals surface area contributed by atoms with E-state index < -0.39 is 11.6 Å². The van der Waals surface area contributed by atoms with Crippen molar-refractivity contribution in [2.45, 2.75) is 71.4 Å². The van der Waals surface area contributed by atoms with E-state index in [2.05, 4.69) is 9.88 Å². The van der Waals surface area contributed by atoms with Crippen LogP contribution in [0.1, 0.15) is 70.3 Å². The molecule has 0 N–H and O–H groups in total. The van der Waals surface area contributed by atoms with Crippen LogP contribution in [0.4, 0.5) is 5.13 Å². The van der Waals surface area contributed by atoms with E-state index >= 15 is 0 Å². The summed E-state index contributed by atoms with van der Waals surface area (Å²) in [6.07, 6.45) is 4.87. The van der Waals surface area contributed by atoms with E-state index in [-0.39, 0.29) is 5.97 Å². The molecule has 0 bridgehead atoms. The number of anilines is 1. The molecule has 0 unspecified atom stereocenters. The molecule has 1 aromatic heterocycles. The lowest BCUT2D eigenvalue weighted by molar-refractivity contribution is -0.142. The highest BCUT2D eigenvalue weighted by atomic mass is 32.1. The summed E-state index contributed by atoms with van der Waals surface area (Å²) in [5.41, 5.74) is -0.218. The minimum Gasteiger partial charge on any atom is -0.466 e. The fraction of sp³-hybridized carbons (Fsp3) is 0.722. The lowest BCUT2D eigenvalue weighted by Crippen LogP contribution is -2.35. The average molecular weight is 368 g/mol. The molecule has 1 aliphatic carbocycles. The number of hydrogen-bond donors (Lipinski definition) is 0. The maximum absolute atomic E-state index is 12.2. The Balaban J connectivity index is 2.09. The van der Waals surface area contributed by atoms with Crippen molar-refractivity contribution >= 4 is 28.4 Å². The van der Waals surface area contributed by atoms with Gasteiger partial charge in [0, 0.05) is 18.0 Å². The van der Waals surface area contributed by atoms with Crippen LogP contribution in [0.2, 0.25) is 0 Å². The Morgan fingerprint density at radius 2 is 2.00 bits per heavy atom. The van der Waals surface area contributed by atoms with Crippen LogP contribution < -0.4 is 4.90 Å². The summed E-state index contributed by atoms with van der Waals surface area (Å²) in [6, 6.07) is 0.368. The highest BCUT2D eigenvalue weighted by Gasteiger charge is 2.27. The van der Waals surface area contributed by atoms with Crippen molar-refractivity contribution in [1.29, 1.82) is 0 Å². The Bertz CT molecular complexity index is 588. The van der Waals surface area contributed by atoms with Crippen molar-refractivity contribution in [3.05, 3.63) is 11.1 Å². The molecule has 6 nitrogen and oxygen atoms in total. The van der Waals surface area contributed by atoms with Crippen molar-refractivity contribution in [3.8, 4) is 0 Å². The van der Waals surface area contributed by atoms with Gasteiger partial charge >= 0.3 is 11.9 Å². The summed E-state index contributed by atoms with van der Waals surface area (Å²) in [6.45, 7) is 8.26. The monoisotopic (exact) mass is 368 g/mol. The fourth-order valence-electron chi connectivity index (χ4n) is 2.92. The van der Waals surface area contributed by atoms with E-state index in [9.17, 15) is 9.59 Å². The number of carbonyl (C=O) groups is 2. The molecule has 0 aliphatic heterocycles. The second-order valence-corrected chi connectivity index (χ2v) is 8.04. The second kappa shape index (κ2) is 8.65. The highest BCUT2D eigenvalue weighted by Crippen LogP contribution is 2.31. The number of ether oxygens (including phenoxy) is 2. The zero-order valence-corrected chi connectivity index (χ0v) is 16.4. The van der Waals surface area contributed by atoms with Crippen LogP contribution in [0.15, 0.2) is 5.38 Å². The molecule has 25 heavy (non-hydrogen) atoms. The summed E-state index contributed by atoms with van der Waals surface area (Å²) in [4.78, 5) is 30.6. The van der Waals surface area contributed by atoms with Gasteiger partial charge in [-0.05, 0) is 40.5 Å². The molecule has 1 aliphatic rings. The van der Waals surface area contributed by atoms with E-state index in [0.717, 1.165) is 18.0 Å². The third kappa shape index (κ3) is 5.99. The molecule has 1 heterocycles.